The fourth-order valence-electron chi connectivity index (χ4n) is 2.91. The van der Waals surface area contributed by atoms with E-state index in [4.69, 9.17) is 5.73 Å². The van der Waals surface area contributed by atoms with Crippen molar-refractivity contribution >= 4 is 10.9 Å². The maximum atomic E-state index is 12.0. The molecule has 1 atom stereocenters. The van der Waals surface area contributed by atoms with Crippen LogP contribution in [0, 0.1) is 5.92 Å². The molecule has 0 bridgehead atoms. The Morgan fingerprint density at radius 2 is 2.25 bits per heavy atom. The summed E-state index contributed by atoms with van der Waals surface area (Å²) in [6, 6.07) is 7.45. The van der Waals surface area contributed by atoms with Gasteiger partial charge in [-0.3, -0.25) is 9.69 Å². The molecule has 0 aliphatic carbocycles. The first-order valence-electron chi connectivity index (χ1n) is 7.16. The molecule has 0 spiro atoms. The molecule has 1 saturated heterocycles. The summed E-state index contributed by atoms with van der Waals surface area (Å²) in [6.07, 6.45) is 2.37. The van der Waals surface area contributed by atoms with E-state index in [0.29, 0.717) is 17.8 Å². The van der Waals surface area contributed by atoms with Gasteiger partial charge in [0.05, 0.1) is 17.4 Å². The van der Waals surface area contributed by atoms with Gasteiger partial charge >= 0.3 is 0 Å². The lowest BCUT2D eigenvalue weighted by Gasteiger charge is -2.31. The first-order valence-corrected chi connectivity index (χ1v) is 7.16. The van der Waals surface area contributed by atoms with E-state index in [1.165, 1.54) is 12.8 Å². The molecule has 5 heteroatoms. The van der Waals surface area contributed by atoms with Gasteiger partial charge in [-0.05, 0) is 44.0 Å². The van der Waals surface area contributed by atoms with Crippen LogP contribution in [0.2, 0.25) is 0 Å². The van der Waals surface area contributed by atoms with Crippen LogP contribution in [0.5, 0.6) is 0 Å². The van der Waals surface area contributed by atoms with E-state index in [1.807, 2.05) is 18.2 Å². The molecular weight excluding hydrogens is 252 g/mol. The van der Waals surface area contributed by atoms with Crippen LogP contribution in [0.4, 0.5) is 0 Å². The SMILES string of the molecule is NCC1CCCN(Cc2nc3ccccc3c(=O)[nH]2)C1. The Bertz CT molecular complexity index is 652. The van der Waals surface area contributed by atoms with Crippen LogP contribution in [0.1, 0.15) is 18.7 Å². The Kier molecular flexibility index (Phi) is 3.80. The van der Waals surface area contributed by atoms with Crippen LogP contribution in [0.25, 0.3) is 10.9 Å². The van der Waals surface area contributed by atoms with Crippen molar-refractivity contribution in [1.29, 1.82) is 0 Å². The van der Waals surface area contributed by atoms with Gasteiger partial charge in [-0.15, -0.1) is 0 Å². The van der Waals surface area contributed by atoms with Crippen molar-refractivity contribution in [1.82, 2.24) is 14.9 Å². The topological polar surface area (TPSA) is 75.0 Å². The van der Waals surface area contributed by atoms with Crippen molar-refractivity contribution in [2.45, 2.75) is 19.4 Å². The van der Waals surface area contributed by atoms with Gasteiger partial charge in [0.25, 0.3) is 5.56 Å². The van der Waals surface area contributed by atoms with Crippen LogP contribution < -0.4 is 11.3 Å². The number of para-hydroxylation sites is 1. The second-order valence-corrected chi connectivity index (χ2v) is 5.51. The number of hydrogen-bond donors (Lipinski definition) is 2. The van der Waals surface area contributed by atoms with E-state index in [2.05, 4.69) is 14.9 Å². The number of nitrogens with two attached hydrogens (primary N) is 1. The van der Waals surface area contributed by atoms with E-state index in [1.54, 1.807) is 6.07 Å². The molecule has 1 fully saturated rings. The van der Waals surface area contributed by atoms with Crippen molar-refractivity contribution < 1.29 is 0 Å². The lowest BCUT2D eigenvalue weighted by molar-refractivity contribution is 0.167. The summed E-state index contributed by atoms with van der Waals surface area (Å²) >= 11 is 0. The lowest BCUT2D eigenvalue weighted by atomic mass is 9.98. The fourth-order valence-corrected chi connectivity index (χ4v) is 2.91. The average Bonchev–Trinajstić information content (AvgIpc) is 2.47. The van der Waals surface area contributed by atoms with Gasteiger partial charge in [0.1, 0.15) is 5.82 Å². The van der Waals surface area contributed by atoms with Gasteiger partial charge in [0, 0.05) is 6.54 Å². The molecule has 1 aliphatic rings. The van der Waals surface area contributed by atoms with E-state index in [-0.39, 0.29) is 5.56 Å². The first kappa shape index (κ1) is 13.3. The Balaban J connectivity index is 1.82. The molecule has 3 rings (SSSR count). The monoisotopic (exact) mass is 272 g/mol. The van der Waals surface area contributed by atoms with Crippen LogP contribution in [-0.2, 0) is 6.54 Å². The highest BCUT2D eigenvalue weighted by molar-refractivity contribution is 5.77. The third kappa shape index (κ3) is 2.73. The summed E-state index contributed by atoms with van der Waals surface area (Å²) in [5, 5.41) is 0.648. The van der Waals surface area contributed by atoms with E-state index >= 15 is 0 Å². The standard InChI is InChI=1S/C15H20N4O/c16-8-11-4-3-7-19(9-11)10-14-17-13-6-2-1-5-12(13)15(20)18-14/h1-2,5-6,11H,3-4,7-10,16H2,(H,17,18,20). The summed E-state index contributed by atoms with van der Waals surface area (Å²) in [4.78, 5) is 21.8. The maximum absolute atomic E-state index is 12.0. The first-order chi connectivity index (χ1) is 9.76. The van der Waals surface area contributed by atoms with Crippen LogP contribution >= 0.6 is 0 Å². The largest absolute Gasteiger partial charge is 0.330 e. The minimum atomic E-state index is -0.0574. The van der Waals surface area contributed by atoms with Gasteiger partial charge in [-0.25, -0.2) is 4.98 Å². The number of fused-ring (bicyclic) bond motifs is 1. The highest BCUT2D eigenvalue weighted by atomic mass is 16.1. The number of likely N-dealkylation sites (tertiary alicyclic amines) is 1. The zero-order chi connectivity index (χ0) is 13.9. The summed E-state index contributed by atoms with van der Waals surface area (Å²) in [5.74, 6) is 1.31. The zero-order valence-electron chi connectivity index (χ0n) is 11.5. The lowest BCUT2D eigenvalue weighted by Crippen LogP contribution is -2.38. The van der Waals surface area contributed by atoms with Crippen LogP contribution in [-0.4, -0.2) is 34.5 Å². The summed E-state index contributed by atoms with van der Waals surface area (Å²) < 4.78 is 0. The average molecular weight is 272 g/mol. The van der Waals surface area contributed by atoms with Gasteiger partial charge in [-0.2, -0.15) is 0 Å². The molecule has 5 nitrogen and oxygen atoms in total. The molecule has 0 radical (unpaired) electrons. The van der Waals surface area contributed by atoms with Gasteiger partial charge < -0.3 is 10.7 Å². The minimum Gasteiger partial charge on any atom is -0.330 e. The highest BCUT2D eigenvalue weighted by Crippen LogP contribution is 2.16. The summed E-state index contributed by atoms with van der Waals surface area (Å²) in [7, 11) is 0. The number of piperidine rings is 1. The summed E-state index contributed by atoms with van der Waals surface area (Å²) in [6.45, 7) is 3.47. The molecule has 1 aromatic carbocycles. The van der Waals surface area contributed by atoms with Crippen LogP contribution in [0.3, 0.4) is 0 Å². The molecule has 3 N–H and O–H groups in total. The number of aromatic nitrogens is 2. The smallest absolute Gasteiger partial charge is 0.258 e. The van der Waals surface area contributed by atoms with Crippen molar-refractivity contribution in [3.63, 3.8) is 0 Å². The third-order valence-corrected chi connectivity index (χ3v) is 3.97. The zero-order valence-corrected chi connectivity index (χ0v) is 11.5. The maximum Gasteiger partial charge on any atom is 0.258 e. The molecule has 106 valence electrons. The molecule has 1 unspecified atom stereocenters. The number of rotatable bonds is 3. The van der Waals surface area contributed by atoms with E-state index < -0.39 is 0 Å². The second kappa shape index (κ2) is 5.73. The molecule has 20 heavy (non-hydrogen) atoms. The second-order valence-electron chi connectivity index (χ2n) is 5.51. The predicted octanol–water partition coefficient (Wildman–Crippen LogP) is 1.09. The molecule has 1 aromatic heterocycles. The van der Waals surface area contributed by atoms with Crippen molar-refractivity contribution in [3.8, 4) is 0 Å². The van der Waals surface area contributed by atoms with Gasteiger partial charge in [0.2, 0.25) is 0 Å². The number of H-pyrrole nitrogens is 1. The van der Waals surface area contributed by atoms with Gasteiger partial charge in [-0.1, -0.05) is 12.1 Å². The molecular formula is C15H20N4O. The quantitative estimate of drug-likeness (QED) is 0.877. The Hall–Kier alpha value is -1.72. The normalized spacial score (nSPS) is 20.4. The van der Waals surface area contributed by atoms with E-state index in [9.17, 15) is 4.79 Å². The third-order valence-electron chi connectivity index (χ3n) is 3.97. The van der Waals surface area contributed by atoms with Crippen molar-refractivity contribution in [2.24, 2.45) is 11.7 Å². The molecule has 0 saturated carbocycles. The minimum absolute atomic E-state index is 0.0574. The molecule has 0 amide bonds. The summed E-state index contributed by atoms with van der Waals surface area (Å²) in [5.41, 5.74) is 6.46. The number of hydrogen-bond acceptors (Lipinski definition) is 4. The predicted molar refractivity (Wildman–Crippen MR) is 79.4 cm³/mol. The number of aromatic amines is 1. The number of nitrogens with zero attached hydrogens (tertiary/aromatic N) is 2. The number of nitrogens with one attached hydrogen (secondary N) is 1. The fraction of sp³-hybridized carbons (Fsp3) is 0.467. The Labute approximate surface area is 117 Å². The molecule has 2 heterocycles. The molecule has 1 aliphatic heterocycles. The highest BCUT2D eigenvalue weighted by Gasteiger charge is 2.19. The van der Waals surface area contributed by atoms with Crippen LogP contribution in [0.15, 0.2) is 29.1 Å². The Morgan fingerprint density at radius 3 is 3.10 bits per heavy atom. The Morgan fingerprint density at radius 1 is 1.40 bits per heavy atom. The van der Waals surface area contributed by atoms with Crippen molar-refractivity contribution in [2.75, 3.05) is 19.6 Å². The van der Waals surface area contributed by atoms with E-state index in [0.717, 1.165) is 31.0 Å². The number of benzene rings is 1. The van der Waals surface area contributed by atoms with Crippen molar-refractivity contribution in [3.05, 3.63) is 40.4 Å². The molecule has 2 aromatic rings. The van der Waals surface area contributed by atoms with Gasteiger partial charge in [0.15, 0.2) is 0 Å².